The smallest absolute Gasteiger partial charge is 0.238 e. The summed E-state index contributed by atoms with van der Waals surface area (Å²) in [4.78, 5) is 32.3. The van der Waals surface area contributed by atoms with Crippen LogP contribution in [0.1, 0.15) is 41.5 Å². The molecule has 1 saturated carbocycles. The quantitative estimate of drug-likeness (QED) is 0.643. The Morgan fingerprint density at radius 1 is 0.912 bits per heavy atom. The van der Waals surface area contributed by atoms with Crippen molar-refractivity contribution in [3.63, 3.8) is 0 Å². The van der Waals surface area contributed by atoms with Crippen molar-refractivity contribution < 1.29 is 9.59 Å². The fraction of sp³-hybridized carbons (Fsp3) is 0.500. The van der Waals surface area contributed by atoms with Gasteiger partial charge in [-0.05, 0) is 68.9 Å². The molecule has 6 nitrogen and oxygen atoms in total. The molecule has 2 aromatic carbocycles. The van der Waals surface area contributed by atoms with Gasteiger partial charge in [0.1, 0.15) is 0 Å². The van der Waals surface area contributed by atoms with E-state index in [1.54, 1.807) is 0 Å². The van der Waals surface area contributed by atoms with Gasteiger partial charge in [0.05, 0.1) is 6.54 Å². The van der Waals surface area contributed by atoms with Crippen LogP contribution in [0.15, 0.2) is 36.4 Å². The molecule has 0 radical (unpaired) electrons. The monoisotopic (exact) mass is 462 g/mol. The second kappa shape index (κ2) is 10.6. The van der Waals surface area contributed by atoms with Crippen LogP contribution in [-0.2, 0) is 9.59 Å². The van der Waals surface area contributed by atoms with Crippen molar-refractivity contribution in [1.82, 2.24) is 9.80 Å². The average Bonchev–Trinajstić information content (AvgIpc) is 3.66. The number of carbonyl (C=O) groups is 2. The molecule has 182 valence electrons. The van der Waals surface area contributed by atoms with Crippen molar-refractivity contribution in [2.45, 2.75) is 53.0 Å². The SMILES string of the molecule is Cc1cccc(N2CCN(C(=O)CCN(CC(=O)Nc3c(C)cccc3C)C3CC3)CC2)c1C. The zero-order valence-corrected chi connectivity index (χ0v) is 21.1. The van der Waals surface area contributed by atoms with Crippen LogP contribution in [0.4, 0.5) is 11.4 Å². The van der Waals surface area contributed by atoms with Crippen molar-refractivity contribution >= 4 is 23.2 Å². The van der Waals surface area contributed by atoms with Gasteiger partial charge in [-0.3, -0.25) is 14.5 Å². The summed E-state index contributed by atoms with van der Waals surface area (Å²) in [5.41, 5.74) is 6.95. The highest BCUT2D eigenvalue weighted by molar-refractivity contribution is 5.93. The molecule has 0 aromatic heterocycles. The predicted octanol–water partition coefficient (Wildman–Crippen LogP) is 4.06. The number of carbonyl (C=O) groups excluding carboxylic acids is 2. The first-order valence-corrected chi connectivity index (χ1v) is 12.5. The van der Waals surface area contributed by atoms with E-state index in [1.165, 1.54) is 16.8 Å². The molecule has 34 heavy (non-hydrogen) atoms. The van der Waals surface area contributed by atoms with E-state index < -0.39 is 0 Å². The highest BCUT2D eigenvalue weighted by atomic mass is 16.2. The summed E-state index contributed by atoms with van der Waals surface area (Å²) in [6, 6.07) is 12.9. The number of amides is 2. The van der Waals surface area contributed by atoms with E-state index in [1.807, 2.05) is 36.9 Å². The Morgan fingerprint density at radius 2 is 1.53 bits per heavy atom. The van der Waals surface area contributed by atoms with Crippen molar-refractivity contribution in [3.8, 4) is 0 Å². The molecular formula is C28H38N4O2. The Bertz CT molecular complexity index is 1020. The van der Waals surface area contributed by atoms with Gasteiger partial charge in [0.25, 0.3) is 0 Å². The summed E-state index contributed by atoms with van der Waals surface area (Å²) in [6.07, 6.45) is 2.69. The average molecular weight is 463 g/mol. The van der Waals surface area contributed by atoms with Crippen molar-refractivity contribution in [2.75, 3.05) is 49.5 Å². The van der Waals surface area contributed by atoms with E-state index in [2.05, 4.69) is 47.2 Å². The summed E-state index contributed by atoms with van der Waals surface area (Å²) in [7, 11) is 0. The van der Waals surface area contributed by atoms with Gasteiger partial charge in [-0.15, -0.1) is 0 Å². The van der Waals surface area contributed by atoms with Crippen molar-refractivity contribution in [2.24, 2.45) is 0 Å². The molecule has 0 unspecified atom stereocenters. The molecule has 1 heterocycles. The van der Waals surface area contributed by atoms with Gasteiger partial charge < -0.3 is 15.1 Å². The van der Waals surface area contributed by atoms with E-state index >= 15 is 0 Å². The molecule has 0 bridgehead atoms. The molecule has 4 rings (SSSR count). The summed E-state index contributed by atoms with van der Waals surface area (Å²) < 4.78 is 0. The van der Waals surface area contributed by atoms with Gasteiger partial charge in [0.15, 0.2) is 0 Å². The molecule has 2 fully saturated rings. The normalized spacial score (nSPS) is 16.1. The van der Waals surface area contributed by atoms with E-state index in [0.29, 0.717) is 25.6 Å². The minimum Gasteiger partial charge on any atom is -0.368 e. The molecule has 6 heteroatoms. The maximum absolute atomic E-state index is 13.0. The Balaban J connectivity index is 1.27. The summed E-state index contributed by atoms with van der Waals surface area (Å²) >= 11 is 0. The topological polar surface area (TPSA) is 55.9 Å². The number of nitrogens with zero attached hydrogens (tertiary/aromatic N) is 3. The maximum Gasteiger partial charge on any atom is 0.238 e. The number of piperazine rings is 1. The zero-order chi connectivity index (χ0) is 24.2. The second-order valence-electron chi connectivity index (χ2n) is 9.85. The number of anilines is 2. The van der Waals surface area contributed by atoms with Gasteiger partial charge >= 0.3 is 0 Å². The lowest BCUT2D eigenvalue weighted by Crippen LogP contribution is -2.49. The van der Waals surface area contributed by atoms with Crippen LogP contribution < -0.4 is 10.2 Å². The fourth-order valence-corrected chi connectivity index (χ4v) is 4.88. The Morgan fingerprint density at radius 3 is 2.18 bits per heavy atom. The molecule has 1 aliphatic carbocycles. The third kappa shape index (κ3) is 5.79. The lowest BCUT2D eigenvalue weighted by atomic mass is 10.1. The highest BCUT2D eigenvalue weighted by Gasteiger charge is 2.31. The molecule has 0 spiro atoms. The molecular weight excluding hydrogens is 424 g/mol. The minimum atomic E-state index is -0.00103. The van der Waals surface area contributed by atoms with Crippen molar-refractivity contribution in [1.29, 1.82) is 0 Å². The third-order valence-electron chi connectivity index (χ3n) is 7.32. The molecule has 1 saturated heterocycles. The summed E-state index contributed by atoms with van der Waals surface area (Å²) in [6.45, 7) is 12.6. The number of para-hydroxylation sites is 1. The van der Waals surface area contributed by atoms with E-state index in [9.17, 15) is 9.59 Å². The number of rotatable bonds is 8. The van der Waals surface area contributed by atoms with Gasteiger partial charge in [-0.2, -0.15) is 0 Å². The Labute approximate surface area is 203 Å². The van der Waals surface area contributed by atoms with Crippen LogP contribution in [0.2, 0.25) is 0 Å². The van der Waals surface area contributed by atoms with Gasteiger partial charge in [0.2, 0.25) is 11.8 Å². The standard InChI is InChI=1S/C28H38N4O2/c1-20-7-6-10-25(23(20)4)30-15-17-31(18-16-30)27(34)13-14-32(24-11-12-24)19-26(33)29-28-21(2)8-5-9-22(28)3/h5-10,24H,11-19H2,1-4H3,(H,29,33). The van der Waals surface area contributed by atoms with E-state index in [4.69, 9.17) is 0 Å². The number of nitrogens with one attached hydrogen (secondary N) is 1. The second-order valence-corrected chi connectivity index (χ2v) is 9.85. The number of benzene rings is 2. The largest absolute Gasteiger partial charge is 0.368 e. The summed E-state index contributed by atoms with van der Waals surface area (Å²) in [5.74, 6) is 0.195. The van der Waals surface area contributed by atoms with Gasteiger partial charge in [-0.1, -0.05) is 30.3 Å². The first-order valence-electron chi connectivity index (χ1n) is 12.5. The van der Waals surface area contributed by atoms with Crippen LogP contribution in [0, 0.1) is 27.7 Å². The Hall–Kier alpha value is -2.86. The Kier molecular flexibility index (Phi) is 7.57. The van der Waals surface area contributed by atoms with Crippen molar-refractivity contribution in [3.05, 3.63) is 58.7 Å². The third-order valence-corrected chi connectivity index (χ3v) is 7.32. The highest BCUT2D eigenvalue weighted by Crippen LogP contribution is 2.28. The van der Waals surface area contributed by atoms with E-state index in [0.717, 1.165) is 55.8 Å². The number of hydrogen-bond acceptors (Lipinski definition) is 4. The first kappa shape index (κ1) is 24.3. The molecule has 1 aliphatic heterocycles. The van der Waals surface area contributed by atoms with E-state index in [-0.39, 0.29) is 11.8 Å². The molecule has 0 atom stereocenters. The minimum absolute atomic E-state index is 0.00103. The summed E-state index contributed by atoms with van der Waals surface area (Å²) in [5, 5.41) is 3.09. The van der Waals surface area contributed by atoms with Crippen LogP contribution in [0.5, 0.6) is 0 Å². The van der Waals surface area contributed by atoms with Crippen LogP contribution >= 0.6 is 0 Å². The fourth-order valence-electron chi connectivity index (χ4n) is 4.88. The van der Waals surface area contributed by atoms with Crippen LogP contribution in [0.25, 0.3) is 0 Å². The molecule has 2 aromatic rings. The molecule has 2 aliphatic rings. The number of aryl methyl sites for hydroxylation is 3. The molecule has 2 amide bonds. The lowest BCUT2D eigenvalue weighted by Gasteiger charge is -2.37. The molecule has 1 N–H and O–H groups in total. The first-order chi connectivity index (χ1) is 16.3. The zero-order valence-electron chi connectivity index (χ0n) is 21.1. The number of hydrogen-bond donors (Lipinski definition) is 1. The van der Waals surface area contributed by atoms with Crippen LogP contribution in [0.3, 0.4) is 0 Å². The predicted molar refractivity (Wildman–Crippen MR) is 138 cm³/mol. The van der Waals surface area contributed by atoms with Crippen LogP contribution in [-0.4, -0.2) is 66.9 Å². The van der Waals surface area contributed by atoms with Gasteiger partial charge in [-0.25, -0.2) is 0 Å². The van der Waals surface area contributed by atoms with Gasteiger partial charge in [0, 0.05) is 56.6 Å². The lowest BCUT2D eigenvalue weighted by molar-refractivity contribution is -0.132. The maximum atomic E-state index is 13.0.